The molecule has 2 atom stereocenters. The quantitative estimate of drug-likeness (QED) is 0.276. The van der Waals surface area contributed by atoms with E-state index in [-0.39, 0.29) is 30.6 Å². The number of aliphatic imine (C=N–C) groups is 1. The van der Waals surface area contributed by atoms with Gasteiger partial charge in [0.25, 0.3) is 0 Å². The first-order valence-corrected chi connectivity index (χ1v) is 9.36. The lowest BCUT2D eigenvalue weighted by Gasteiger charge is -2.47. The summed E-state index contributed by atoms with van der Waals surface area (Å²) < 4.78 is 0. The summed E-state index contributed by atoms with van der Waals surface area (Å²) in [6.07, 6.45) is 3.13. The van der Waals surface area contributed by atoms with Crippen molar-refractivity contribution in [3.8, 4) is 0 Å². The fraction of sp³-hybridized carbons (Fsp3) is 0.941. The van der Waals surface area contributed by atoms with E-state index in [2.05, 4.69) is 34.3 Å². The van der Waals surface area contributed by atoms with Crippen LogP contribution in [0.5, 0.6) is 0 Å². The molecule has 3 N–H and O–H groups in total. The number of aliphatic hydroxyl groups is 1. The molecule has 2 unspecified atom stereocenters. The van der Waals surface area contributed by atoms with Crippen LogP contribution >= 0.6 is 24.0 Å². The van der Waals surface area contributed by atoms with Gasteiger partial charge in [-0.05, 0) is 25.7 Å². The molecule has 3 aliphatic rings. The monoisotopic (exact) mass is 453 g/mol. The number of halogens is 1. The molecule has 142 valence electrons. The second-order valence-corrected chi connectivity index (χ2v) is 6.76. The fourth-order valence-electron chi connectivity index (χ4n) is 3.61. The lowest BCUT2D eigenvalue weighted by atomic mass is 10.0. The summed E-state index contributed by atoms with van der Waals surface area (Å²) >= 11 is 0. The maximum Gasteiger partial charge on any atom is 0.191 e. The summed E-state index contributed by atoms with van der Waals surface area (Å²) in [7, 11) is 0. The molecule has 0 aromatic carbocycles. The van der Waals surface area contributed by atoms with Gasteiger partial charge in [0.05, 0.1) is 0 Å². The van der Waals surface area contributed by atoms with Crippen molar-refractivity contribution in [2.24, 2.45) is 10.9 Å². The highest BCUT2D eigenvalue weighted by Gasteiger charge is 2.31. The largest absolute Gasteiger partial charge is 0.396 e. The molecule has 3 rings (SSSR count). The van der Waals surface area contributed by atoms with Crippen molar-refractivity contribution in [2.45, 2.75) is 39.2 Å². The van der Waals surface area contributed by atoms with Gasteiger partial charge in [0.2, 0.25) is 0 Å². The summed E-state index contributed by atoms with van der Waals surface area (Å²) in [4.78, 5) is 9.91. The Morgan fingerprint density at radius 1 is 1.17 bits per heavy atom. The summed E-state index contributed by atoms with van der Waals surface area (Å²) in [5.41, 5.74) is 0. The fourth-order valence-corrected chi connectivity index (χ4v) is 3.61. The minimum Gasteiger partial charge on any atom is -0.396 e. The van der Waals surface area contributed by atoms with Crippen molar-refractivity contribution in [1.29, 1.82) is 0 Å². The lowest BCUT2D eigenvalue weighted by Crippen LogP contribution is -2.63. The molecule has 0 aromatic heterocycles. The number of hydrogen-bond acceptors (Lipinski definition) is 4. The third-order valence-corrected chi connectivity index (χ3v) is 4.98. The highest BCUT2D eigenvalue weighted by molar-refractivity contribution is 14.0. The Bertz CT molecular complexity index is 355. The molecule has 24 heavy (non-hydrogen) atoms. The highest BCUT2D eigenvalue weighted by atomic mass is 127. The topological polar surface area (TPSA) is 63.1 Å². The average Bonchev–Trinajstić information content (AvgIpc) is 2.58. The Balaban J connectivity index is 0.00000288. The first-order valence-electron chi connectivity index (χ1n) is 9.36. The second-order valence-electron chi connectivity index (χ2n) is 6.76. The van der Waals surface area contributed by atoms with Crippen LogP contribution in [0, 0.1) is 5.92 Å². The second kappa shape index (κ2) is 12.3. The van der Waals surface area contributed by atoms with Crippen LogP contribution in [0.3, 0.4) is 0 Å². The highest BCUT2D eigenvalue weighted by Crippen LogP contribution is 2.15. The molecular weight excluding hydrogens is 417 g/mol. The number of fused-ring (bicyclic) bond motifs is 3. The number of nitrogens with one attached hydrogen (secondary N) is 2. The first-order chi connectivity index (χ1) is 11.3. The molecule has 0 saturated carbocycles. The van der Waals surface area contributed by atoms with Gasteiger partial charge in [-0.2, -0.15) is 0 Å². The Morgan fingerprint density at radius 2 is 1.92 bits per heavy atom. The van der Waals surface area contributed by atoms with Gasteiger partial charge in [0.1, 0.15) is 0 Å². The van der Waals surface area contributed by atoms with E-state index in [1.54, 1.807) is 0 Å². The van der Waals surface area contributed by atoms with Crippen molar-refractivity contribution in [1.82, 2.24) is 20.4 Å². The SMILES string of the molecule is CCCC(CCO)CN=C(NCC)NCC1CN2CCN1CC2.I. The van der Waals surface area contributed by atoms with Gasteiger partial charge in [0, 0.05) is 65.0 Å². The number of nitrogens with zero attached hydrogens (tertiary/aromatic N) is 3. The van der Waals surface area contributed by atoms with Crippen molar-refractivity contribution < 1.29 is 5.11 Å². The third kappa shape index (κ3) is 7.01. The van der Waals surface area contributed by atoms with E-state index in [9.17, 15) is 5.11 Å². The number of guanidine groups is 1. The summed E-state index contributed by atoms with van der Waals surface area (Å²) in [5.74, 6) is 1.41. The zero-order valence-electron chi connectivity index (χ0n) is 15.3. The Morgan fingerprint density at radius 3 is 2.46 bits per heavy atom. The standard InChI is InChI=1S/C17H35N5O.HI/c1-3-5-15(6-11-23)12-19-17(18-4-2)20-13-16-14-21-7-9-22(16)10-8-21;/h15-16,23H,3-14H2,1-2H3,(H2,18,19,20);1H. The van der Waals surface area contributed by atoms with Gasteiger partial charge in [-0.1, -0.05) is 13.3 Å². The van der Waals surface area contributed by atoms with Gasteiger partial charge in [-0.25, -0.2) is 0 Å². The minimum absolute atomic E-state index is 0. The van der Waals surface area contributed by atoms with Crippen LogP contribution in [-0.2, 0) is 0 Å². The lowest BCUT2D eigenvalue weighted by molar-refractivity contribution is 0.0154. The maximum atomic E-state index is 9.18. The average molecular weight is 453 g/mol. The van der Waals surface area contributed by atoms with E-state index in [0.717, 1.165) is 44.9 Å². The predicted molar refractivity (Wildman–Crippen MR) is 111 cm³/mol. The number of piperazine rings is 3. The molecular formula is C17H36IN5O. The van der Waals surface area contributed by atoms with Crippen LogP contribution in [-0.4, -0.2) is 85.9 Å². The Kier molecular flexibility index (Phi) is 11.2. The van der Waals surface area contributed by atoms with Crippen LogP contribution in [0.2, 0.25) is 0 Å². The minimum atomic E-state index is 0. The van der Waals surface area contributed by atoms with Crippen molar-refractivity contribution in [3.63, 3.8) is 0 Å². The number of aliphatic hydroxyl groups excluding tert-OH is 1. The predicted octanol–water partition coefficient (Wildman–Crippen LogP) is 0.958. The van der Waals surface area contributed by atoms with E-state index < -0.39 is 0 Å². The van der Waals surface area contributed by atoms with Crippen LogP contribution in [0.1, 0.15) is 33.1 Å². The molecule has 3 saturated heterocycles. The summed E-state index contributed by atoms with van der Waals surface area (Å²) in [6.45, 7) is 13.2. The van der Waals surface area contributed by atoms with E-state index in [0.29, 0.717) is 12.0 Å². The molecule has 7 heteroatoms. The molecule has 0 amide bonds. The molecule has 3 aliphatic heterocycles. The third-order valence-electron chi connectivity index (χ3n) is 4.98. The summed E-state index contributed by atoms with van der Waals surface area (Å²) in [6, 6.07) is 0.602. The smallest absolute Gasteiger partial charge is 0.191 e. The van der Waals surface area contributed by atoms with Crippen LogP contribution in [0.15, 0.2) is 4.99 Å². The molecule has 6 nitrogen and oxygen atoms in total. The van der Waals surface area contributed by atoms with Crippen molar-refractivity contribution >= 4 is 29.9 Å². The van der Waals surface area contributed by atoms with Gasteiger partial charge in [-0.3, -0.25) is 14.8 Å². The molecule has 0 spiro atoms. The van der Waals surface area contributed by atoms with E-state index in [1.807, 2.05) is 0 Å². The number of hydrogen-bond donors (Lipinski definition) is 3. The number of rotatable bonds is 9. The molecule has 0 radical (unpaired) electrons. The molecule has 0 aromatic rings. The zero-order chi connectivity index (χ0) is 16.5. The van der Waals surface area contributed by atoms with E-state index in [1.165, 1.54) is 32.7 Å². The Labute approximate surface area is 164 Å². The van der Waals surface area contributed by atoms with Crippen LogP contribution in [0.25, 0.3) is 0 Å². The van der Waals surface area contributed by atoms with Crippen molar-refractivity contribution in [3.05, 3.63) is 0 Å². The zero-order valence-corrected chi connectivity index (χ0v) is 17.7. The molecule has 0 aliphatic carbocycles. The van der Waals surface area contributed by atoms with Crippen molar-refractivity contribution in [2.75, 3.05) is 59.0 Å². The first kappa shape index (κ1) is 21.9. The maximum absolute atomic E-state index is 9.18. The van der Waals surface area contributed by atoms with Gasteiger partial charge in [0.15, 0.2) is 5.96 Å². The molecule has 3 fully saturated rings. The van der Waals surface area contributed by atoms with Crippen LogP contribution in [0.4, 0.5) is 0 Å². The van der Waals surface area contributed by atoms with Gasteiger partial charge >= 0.3 is 0 Å². The normalized spacial score (nSPS) is 27.5. The van der Waals surface area contributed by atoms with Gasteiger partial charge < -0.3 is 15.7 Å². The van der Waals surface area contributed by atoms with E-state index in [4.69, 9.17) is 4.99 Å². The van der Waals surface area contributed by atoms with Crippen LogP contribution < -0.4 is 10.6 Å². The van der Waals surface area contributed by atoms with E-state index >= 15 is 0 Å². The molecule has 2 bridgehead atoms. The molecule has 3 heterocycles. The summed E-state index contributed by atoms with van der Waals surface area (Å²) in [5, 5.41) is 16.0. The Hall–Kier alpha value is -0.120. The van der Waals surface area contributed by atoms with Gasteiger partial charge in [-0.15, -0.1) is 24.0 Å².